The molecular weight excluding hydrogens is 252 g/mol. The maximum atomic E-state index is 6.35. The lowest BCUT2D eigenvalue weighted by Gasteiger charge is -2.17. The molecule has 0 saturated heterocycles. The average molecular weight is 282 g/mol. The van der Waals surface area contributed by atoms with E-state index in [1.165, 1.54) is 19.3 Å². The summed E-state index contributed by atoms with van der Waals surface area (Å²) in [7, 11) is 5.80. The van der Waals surface area contributed by atoms with Gasteiger partial charge >= 0.3 is 0 Å². The quantitative estimate of drug-likeness (QED) is 0.670. The number of nitrogens with two attached hydrogens (primary N) is 1. The van der Waals surface area contributed by atoms with E-state index in [2.05, 4.69) is 31.0 Å². The minimum absolute atomic E-state index is 0.00599. The lowest BCUT2D eigenvalue weighted by Crippen LogP contribution is -2.23. The second-order valence-electron chi connectivity index (χ2n) is 5.58. The highest BCUT2D eigenvalue weighted by Gasteiger charge is 2.18. The number of methoxy groups -OCH3 is 1. The van der Waals surface area contributed by atoms with Crippen LogP contribution in [-0.2, 0) is 6.54 Å². The van der Waals surface area contributed by atoms with Crippen LogP contribution in [0.3, 0.4) is 0 Å². The fraction of sp³-hybridized carbons (Fsp3) is 0.800. The van der Waals surface area contributed by atoms with Crippen LogP contribution in [0.2, 0.25) is 0 Å². The summed E-state index contributed by atoms with van der Waals surface area (Å²) in [6.07, 6.45) is 7.71. The molecule has 0 aliphatic rings. The molecule has 0 spiro atoms. The van der Waals surface area contributed by atoms with Gasteiger partial charge in [-0.25, -0.2) is 0 Å². The first-order chi connectivity index (χ1) is 9.60. The van der Waals surface area contributed by atoms with Crippen molar-refractivity contribution in [3.8, 4) is 5.75 Å². The van der Waals surface area contributed by atoms with Crippen LogP contribution >= 0.6 is 0 Å². The smallest absolute Gasteiger partial charge is 0.161 e. The van der Waals surface area contributed by atoms with Gasteiger partial charge in [-0.15, -0.1) is 0 Å². The van der Waals surface area contributed by atoms with Crippen LogP contribution < -0.4 is 10.5 Å². The van der Waals surface area contributed by atoms with E-state index in [1.54, 1.807) is 13.3 Å². The lowest BCUT2D eigenvalue weighted by atomic mass is 10.0. The predicted octanol–water partition coefficient (Wildman–Crippen LogP) is 2.42. The molecule has 0 aliphatic heterocycles. The van der Waals surface area contributed by atoms with Crippen molar-refractivity contribution in [3.05, 3.63) is 11.9 Å². The standard InChI is InChI=1S/C15H30N4O/c1-5-6-7-8-9-13(16)15-14(20-4)12-17-19(15)11-10-18(2)3/h12-13H,5-11,16H2,1-4H3. The Hall–Kier alpha value is -1.07. The van der Waals surface area contributed by atoms with Gasteiger partial charge in [0.15, 0.2) is 5.75 Å². The SMILES string of the molecule is CCCCCCC(N)c1c(OC)cnn1CCN(C)C. The summed E-state index contributed by atoms with van der Waals surface area (Å²) in [5.74, 6) is 0.812. The molecule has 1 aromatic heterocycles. The number of ether oxygens (including phenoxy) is 1. The van der Waals surface area contributed by atoms with Gasteiger partial charge in [-0.2, -0.15) is 5.10 Å². The van der Waals surface area contributed by atoms with Gasteiger partial charge in [0.2, 0.25) is 0 Å². The first kappa shape index (κ1) is 17.0. The topological polar surface area (TPSA) is 56.3 Å². The van der Waals surface area contributed by atoms with Crippen molar-refractivity contribution in [2.75, 3.05) is 27.7 Å². The summed E-state index contributed by atoms with van der Waals surface area (Å²) in [5, 5.41) is 4.41. The van der Waals surface area contributed by atoms with Crippen molar-refractivity contribution in [1.82, 2.24) is 14.7 Å². The Morgan fingerprint density at radius 1 is 1.35 bits per heavy atom. The van der Waals surface area contributed by atoms with Crippen molar-refractivity contribution in [2.45, 2.75) is 51.6 Å². The zero-order valence-electron chi connectivity index (χ0n) is 13.4. The van der Waals surface area contributed by atoms with Crippen molar-refractivity contribution in [3.63, 3.8) is 0 Å². The number of likely N-dealkylation sites (N-methyl/N-ethyl adjacent to an activating group) is 1. The molecule has 116 valence electrons. The molecule has 0 radical (unpaired) electrons. The Kier molecular flexibility index (Phi) is 7.62. The maximum absolute atomic E-state index is 6.35. The molecule has 0 aliphatic carbocycles. The van der Waals surface area contributed by atoms with Crippen LogP contribution in [0, 0.1) is 0 Å². The lowest BCUT2D eigenvalue weighted by molar-refractivity contribution is 0.358. The molecule has 1 unspecified atom stereocenters. The highest BCUT2D eigenvalue weighted by atomic mass is 16.5. The third kappa shape index (κ3) is 5.13. The zero-order valence-corrected chi connectivity index (χ0v) is 13.4. The van der Waals surface area contributed by atoms with Crippen LogP contribution in [-0.4, -0.2) is 42.4 Å². The molecule has 0 saturated carbocycles. The number of hydrogen-bond donors (Lipinski definition) is 1. The van der Waals surface area contributed by atoms with Crippen molar-refractivity contribution in [1.29, 1.82) is 0 Å². The fourth-order valence-corrected chi connectivity index (χ4v) is 2.31. The summed E-state index contributed by atoms with van der Waals surface area (Å²) in [4.78, 5) is 2.14. The second-order valence-corrected chi connectivity index (χ2v) is 5.58. The molecule has 0 bridgehead atoms. The van der Waals surface area contributed by atoms with E-state index in [4.69, 9.17) is 10.5 Å². The summed E-state index contributed by atoms with van der Waals surface area (Å²) in [5.41, 5.74) is 7.38. The highest BCUT2D eigenvalue weighted by Crippen LogP contribution is 2.27. The molecule has 1 atom stereocenters. The van der Waals surface area contributed by atoms with E-state index < -0.39 is 0 Å². The summed E-state index contributed by atoms with van der Waals surface area (Å²) in [6.45, 7) is 4.01. The third-order valence-electron chi connectivity index (χ3n) is 3.54. The van der Waals surface area contributed by atoms with Gasteiger partial charge in [-0.3, -0.25) is 4.68 Å². The van der Waals surface area contributed by atoms with Gasteiger partial charge in [0, 0.05) is 6.54 Å². The molecule has 1 heterocycles. The average Bonchev–Trinajstić information content (AvgIpc) is 2.84. The Labute approximate surface area is 123 Å². The van der Waals surface area contributed by atoms with Gasteiger partial charge in [-0.1, -0.05) is 32.6 Å². The van der Waals surface area contributed by atoms with E-state index in [9.17, 15) is 0 Å². The van der Waals surface area contributed by atoms with E-state index in [0.29, 0.717) is 0 Å². The van der Waals surface area contributed by atoms with Crippen LogP contribution in [0.4, 0.5) is 0 Å². The van der Waals surface area contributed by atoms with E-state index in [0.717, 1.165) is 37.4 Å². The summed E-state index contributed by atoms with van der Waals surface area (Å²) < 4.78 is 7.39. The molecule has 1 rings (SSSR count). The van der Waals surface area contributed by atoms with E-state index >= 15 is 0 Å². The van der Waals surface area contributed by atoms with Gasteiger partial charge < -0.3 is 15.4 Å². The van der Waals surface area contributed by atoms with E-state index in [-0.39, 0.29) is 6.04 Å². The number of hydrogen-bond acceptors (Lipinski definition) is 4. The zero-order chi connectivity index (χ0) is 15.0. The minimum Gasteiger partial charge on any atom is -0.493 e. The molecular formula is C15H30N4O. The van der Waals surface area contributed by atoms with Crippen LogP contribution in [0.1, 0.15) is 50.8 Å². The highest BCUT2D eigenvalue weighted by molar-refractivity contribution is 5.28. The number of unbranched alkanes of at least 4 members (excludes halogenated alkanes) is 3. The molecule has 5 heteroatoms. The minimum atomic E-state index is 0.00599. The van der Waals surface area contributed by atoms with E-state index in [1.807, 2.05) is 4.68 Å². The maximum Gasteiger partial charge on any atom is 0.161 e. The number of rotatable bonds is 10. The van der Waals surface area contributed by atoms with Crippen molar-refractivity contribution in [2.24, 2.45) is 5.73 Å². The fourth-order valence-electron chi connectivity index (χ4n) is 2.31. The number of nitrogens with zero attached hydrogens (tertiary/aromatic N) is 3. The van der Waals surface area contributed by atoms with Gasteiger partial charge in [0.05, 0.1) is 31.6 Å². The summed E-state index contributed by atoms with van der Waals surface area (Å²) in [6, 6.07) is 0.00599. The van der Waals surface area contributed by atoms with Gasteiger partial charge in [-0.05, 0) is 20.5 Å². The Morgan fingerprint density at radius 2 is 2.10 bits per heavy atom. The molecule has 5 nitrogen and oxygen atoms in total. The molecule has 0 amide bonds. The largest absolute Gasteiger partial charge is 0.493 e. The molecule has 2 N–H and O–H groups in total. The predicted molar refractivity (Wildman–Crippen MR) is 83.0 cm³/mol. The molecule has 0 fully saturated rings. The first-order valence-electron chi connectivity index (χ1n) is 7.60. The third-order valence-corrected chi connectivity index (χ3v) is 3.54. The van der Waals surface area contributed by atoms with Crippen LogP contribution in [0.15, 0.2) is 6.20 Å². The Balaban J connectivity index is 2.66. The first-order valence-corrected chi connectivity index (χ1v) is 7.60. The molecule has 20 heavy (non-hydrogen) atoms. The second kappa shape index (κ2) is 8.97. The Bertz CT molecular complexity index is 376. The van der Waals surface area contributed by atoms with Crippen molar-refractivity contribution < 1.29 is 4.74 Å². The molecule has 1 aromatic rings. The van der Waals surface area contributed by atoms with Crippen LogP contribution in [0.25, 0.3) is 0 Å². The normalized spacial score (nSPS) is 12.9. The van der Waals surface area contributed by atoms with Gasteiger partial charge in [0.25, 0.3) is 0 Å². The number of aromatic nitrogens is 2. The summed E-state index contributed by atoms with van der Waals surface area (Å²) >= 11 is 0. The van der Waals surface area contributed by atoms with Crippen molar-refractivity contribution >= 4 is 0 Å². The Morgan fingerprint density at radius 3 is 2.70 bits per heavy atom. The molecule has 0 aromatic carbocycles. The monoisotopic (exact) mass is 282 g/mol. The van der Waals surface area contributed by atoms with Crippen LogP contribution in [0.5, 0.6) is 5.75 Å². The van der Waals surface area contributed by atoms with Gasteiger partial charge in [0.1, 0.15) is 0 Å².